The topological polar surface area (TPSA) is 49.3 Å². The van der Waals surface area contributed by atoms with E-state index in [1.807, 2.05) is 0 Å². The number of alkyl halides is 3. The fourth-order valence-corrected chi connectivity index (χ4v) is 1.75. The molecule has 6 heteroatoms. The van der Waals surface area contributed by atoms with Crippen LogP contribution in [0.25, 0.3) is 6.08 Å². The average molecular weight is 301 g/mol. The molecule has 0 radical (unpaired) electrons. The van der Waals surface area contributed by atoms with Crippen LogP contribution in [0.5, 0.6) is 0 Å². The zero-order chi connectivity index (χ0) is 15.9. The highest BCUT2D eigenvalue weighted by molar-refractivity contribution is 5.91. The molecule has 0 heterocycles. The number of aliphatic hydroxyl groups excluding tert-OH is 1. The van der Waals surface area contributed by atoms with Gasteiger partial charge in [0.25, 0.3) is 0 Å². The van der Waals surface area contributed by atoms with E-state index < -0.39 is 11.7 Å². The van der Waals surface area contributed by atoms with Gasteiger partial charge in [-0.15, -0.1) is 0 Å². The molecule has 0 aliphatic heterocycles. The molecule has 1 amide bonds. The second kappa shape index (κ2) is 7.83. The van der Waals surface area contributed by atoms with Crippen LogP contribution in [0.15, 0.2) is 30.3 Å². The molecule has 0 spiro atoms. The van der Waals surface area contributed by atoms with Crippen molar-refractivity contribution in [2.24, 2.45) is 0 Å². The number of aliphatic hydroxyl groups is 1. The Morgan fingerprint density at radius 2 is 2.14 bits per heavy atom. The number of rotatable bonds is 6. The van der Waals surface area contributed by atoms with E-state index >= 15 is 0 Å². The molecule has 0 aliphatic carbocycles. The van der Waals surface area contributed by atoms with Crippen molar-refractivity contribution in [2.45, 2.75) is 32.0 Å². The molecule has 0 bridgehead atoms. The van der Waals surface area contributed by atoms with Gasteiger partial charge in [0.15, 0.2) is 0 Å². The Kier molecular flexibility index (Phi) is 6.42. The smallest absolute Gasteiger partial charge is 0.396 e. The molecular formula is C15H18F3NO2. The van der Waals surface area contributed by atoms with Gasteiger partial charge in [-0.1, -0.05) is 12.1 Å². The summed E-state index contributed by atoms with van der Waals surface area (Å²) in [5.41, 5.74) is -0.440. The van der Waals surface area contributed by atoms with E-state index in [1.165, 1.54) is 24.3 Å². The van der Waals surface area contributed by atoms with E-state index in [0.29, 0.717) is 18.4 Å². The molecule has 0 fully saturated rings. The maximum absolute atomic E-state index is 12.5. The minimum Gasteiger partial charge on any atom is -0.396 e. The van der Waals surface area contributed by atoms with Crippen molar-refractivity contribution in [3.8, 4) is 0 Å². The largest absolute Gasteiger partial charge is 0.416 e. The van der Waals surface area contributed by atoms with Gasteiger partial charge in [-0.3, -0.25) is 4.79 Å². The Bertz CT molecular complexity index is 498. The summed E-state index contributed by atoms with van der Waals surface area (Å²) in [6.07, 6.45) is -0.641. The molecular weight excluding hydrogens is 283 g/mol. The zero-order valence-electron chi connectivity index (χ0n) is 11.7. The molecule has 1 atom stereocenters. The quantitative estimate of drug-likeness (QED) is 0.794. The van der Waals surface area contributed by atoms with E-state index in [-0.39, 0.29) is 18.6 Å². The van der Waals surface area contributed by atoms with Crippen molar-refractivity contribution in [2.75, 3.05) is 6.61 Å². The number of amides is 1. The van der Waals surface area contributed by atoms with Crippen LogP contribution in [0, 0.1) is 0 Å². The average Bonchev–Trinajstić information content (AvgIpc) is 2.42. The number of carbonyl (C=O) groups is 1. The van der Waals surface area contributed by atoms with E-state index in [1.54, 1.807) is 6.92 Å². The van der Waals surface area contributed by atoms with Gasteiger partial charge in [-0.2, -0.15) is 13.2 Å². The van der Waals surface area contributed by atoms with Crippen LogP contribution in [0.3, 0.4) is 0 Å². The van der Waals surface area contributed by atoms with E-state index in [9.17, 15) is 18.0 Å². The summed E-state index contributed by atoms with van der Waals surface area (Å²) in [6, 6.07) is 4.65. The van der Waals surface area contributed by atoms with Crippen LogP contribution in [-0.4, -0.2) is 23.7 Å². The molecule has 0 aromatic heterocycles. The molecule has 0 aliphatic rings. The Balaban J connectivity index is 2.62. The summed E-state index contributed by atoms with van der Waals surface area (Å²) in [4.78, 5) is 11.6. The first-order valence-electron chi connectivity index (χ1n) is 6.59. The lowest BCUT2D eigenvalue weighted by Crippen LogP contribution is -2.31. The third-order valence-corrected chi connectivity index (χ3v) is 2.83. The first-order chi connectivity index (χ1) is 9.82. The van der Waals surface area contributed by atoms with Crippen LogP contribution in [0.2, 0.25) is 0 Å². The third kappa shape index (κ3) is 6.44. The van der Waals surface area contributed by atoms with Crippen molar-refractivity contribution < 1.29 is 23.1 Å². The first-order valence-corrected chi connectivity index (χ1v) is 6.59. The highest BCUT2D eigenvalue weighted by Gasteiger charge is 2.30. The monoisotopic (exact) mass is 301 g/mol. The van der Waals surface area contributed by atoms with Gasteiger partial charge in [0, 0.05) is 18.7 Å². The molecule has 1 unspecified atom stereocenters. The van der Waals surface area contributed by atoms with Crippen molar-refractivity contribution in [3.63, 3.8) is 0 Å². The number of benzene rings is 1. The number of nitrogens with one attached hydrogen (secondary N) is 1. The lowest BCUT2D eigenvalue weighted by Gasteiger charge is -2.11. The minimum absolute atomic E-state index is 0.0558. The normalized spacial score (nSPS) is 13.4. The van der Waals surface area contributed by atoms with Crippen LogP contribution < -0.4 is 5.32 Å². The number of carbonyl (C=O) groups excluding carboxylic acids is 1. The van der Waals surface area contributed by atoms with E-state index in [4.69, 9.17) is 5.11 Å². The molecule has 0 saturated heterocycles. The Morgan fingerprint density at radius 1 is 1.43 bits per heavy atom. The summed E-state index contributed by atoms with van der Waals surface area (Å²) in [5, 5.41) is 11.3. The maximum Gasteiger partial charge on any atom is 0.416 e. The van der Waals surface area contributed by atoms with Gasteiger partial charge in [-0.25, -0.2) is 0 Å². The Morgan fingerprint density at radius 3 is 2.76 bits per heavy atom. The Hall–Kier alpha value is -1.82. The van der Waals surface area contributed by atoms with Gasteiger partial charge in [0.2, 0.25) is 5.91 Å². The summed E-state index contributed by atoms with van der Waals surface area (Å²) >= 11 is 0. The van der Waals surface area contributed by atoms with Crippen LogP contribution >= 0.6 is 0 Å². The highest BCUT2D eigenvalue weighted by atomic mass is 19.4. The molecule has 1 aromatic carbocycles. The third-order valence-electron chi connectivity index (χ3n) is 2.83. The fourth-order valence-electron chi connectivity index (χ4n) is 1.75. The summed E-state index contributed by atoms with van der Waals surface area (Å²) in [6.45, 7) is 1.85. The zero-order valence-corrected chi connectivity index (χ0v) is 11.7. The van der Waals surface area contributed by atoms with Gasteiger partial charge in [-0.05, 0) is 43.5 Å². The second-order valence-electron chi connectivity index (χ2n) is 4.73. The number of halogens is 3. The summed E-state index contributed by atoms with van der Waals surface area (Å²) < 4.78 is 37.6. The van der Waals surface area contributed by atoms with Crippen molar-refractivity contribution >= 4 is 12.0 Å². The van der Waals surface area contributed by atoms with E-state index in [2.05, 4.69) is 5.32 Å². The standard InChI is InChI=1S/C15H18F3NO2/c1-11(4-3-9-20)19-14(21)8-7-12-5-2-6-13(10-12)15(16,17)18/h2,5-8,10-11,20H,3-4,9H2,1H3,(H,19,21)/b8-7+. The van der Waals surface area contributed by atoms with E-state index in [0.717, 1.165) is 12.1 Å². The predicted octanol–water partition coefficient (Wildman–Crippen LogP) is 3.00. The maximum atomic E-state index is 12.5. The van der Waals surface area contributed by atoms with Gasteiger partial charge in [0.05, 0.1) is 5.56 Å². The summed E-state index contributed by atoms with van der Waals surface area (Å²) in [7, 11) is 0. The van der Waals surface area contributed by atoms with Crippen molar-refractivity contribution in [3.05, 3.63) is 41.5 Å². The second-order valence-corrected chi connectivity index (χ2v) is 4.73. The molecule has 2 N–H and O–H groups in total. The molecule has 116 valence electrons. The first kappa shape index (κ1) is 17.2. The summed E-state index contributed by atoms with van der Waals surface area (Å²) in [5.74, 6) is -0.377. The van der Waals surface area contributed by atoms with Crippen LogP contribution in [0.1, 0.15) is 30.9 Å². The fraction of sp³-hybridized carbons (Fsp3) is 0.400. The van der Waals surface area contributed by atoms with Gasteiger partial charge < -0.3 is 10.4 Å². The Labute approximate surface area is 121 Å². The van der Waals surface area contributed by atoms with Gasteiger partial charge in [0.1, 0.15) is 0 Å². The molecule has 21 heavy (non-hydrogen) atoms. The molecule has 1 rings (SSSR count). The minimum atomic E-state index is -4.40. The highest BCUT2D eigenvalue weighted by Crippen LogP contribution is 2.29. The SMILES string of the molecule is CC(CCCO)NC(=O)/C=C/c1cccc(C(F)(F)F)c1. The number of hydrogen-bond acceptors (Lipinski definition) is 2. The van der Waals surface area contributed by atoms with Gasteiger partial charge >= 0.3 is 6.18 Å². The number of hydrogen-bond donors (Lipinski definition) is 2. The van der Waals surface area contributed by atoms with Crippen molar-refractivity contribution in [1.29, 1.82) is 0 Å². The van der Waals surface area contributed by atoms with Crippen LogP contribution in [-0.2, 0) is 11.0 Å². The van der Waals surface area contributed by atoms with Crippen LogP contribution in [0.4, 0.5) is 13.2 Å². The predicted molar refractivity (Wildman–Crippen MR) is 74.4 cm³/mol. The lowest BCUT2D eigenvalue weighted by atomic mass is 10.1. The van der Waals surface area contributed by atoms with Crippen molar-refractivity contribution in [1.82, 2.24) is 5.32 Å². The molecule has 0 saturated carbocycles. The lowest BCUT2D eigenvalue weighted by molar-refractivity contribution is -0.137. The molecule has 1 aromatic rings. The molecule has 3 nitrogen and oxygen atoms in total.